The summed E-state index contributed by atoms with van der Waals surface area (Å²) in [5.74, 6) is -0.524. The van der Waals surface area contributed by atoms with E-state index in [0.717, 1.165) is 9.78 Å². The number of ether oxygens (including phenoxy) is 4. The summed E-state index contributed by atoms with van der Waals surface area (Å²) in [5.41, 5.74) is 0. The van der Waals surface area contributed by atoms with E-state index < -0.39 is 24.5 Å². The van der Waals surface area contributed by atoms with Gasteiger partial charge in [-0.05, 0) is 6.92 Å². The van der Waals surface area contributed by atoms with E-state index in [-0.39, 0.29) is 6.54 Å². The van der Waals surface area contributed by atoms with E-state index in [0.29, 0.717) is 18.2 Å². The normalized spacial score (nSPS) is 16.3. The lowest BCUT2D eigenvalue weighted by Crippen LogP contribution is -2.33. The number of carbonyl (C=O) groups excluding carboxylic acids is 2. The maximum Gasteiger partial charge on any atom is 0.409 e. The lowest BCUT2D eigenvalue weighted by atomic mass is 10.3. The molecule has 1 fully saturated rings. The molecule has 1 aliphatic heterocycles. The van der Waals surface area contributed by atoms with Crippen molar-refractivity contribution in [2.24, 2.45) is 0 Å². The molecule has 1 saturated heterocycles. The third-order valence-electron chi connectivity index (χ3n) is 2.93. The first-order chi connectivity index (χ1) is 10.5. The molecule has 22 heavy (non-hydrogen) atoms. The lowest BCUT2D eigenvalue weighted by Gasteiger charge is -2.16. The summed E-state index contributed by atoms with van der Waals surface area (Å²) in [6, 6.07) is 0. The Morgan fingerprint density at radius 1 is 1.50 bits per heavy atom. The fraction of sp³-hybridized carbons (Fsp3) is 0.615. The Morgan fingerprint density at radius 3 is 2.82 bits per heavy atom. The van der Waals surface area contributed by atoms with E-state index in [9.17, 15) is 9.59 Å². The molecular formula is C13H18N2O6S. The Balaban J connectivity index is 1.87. The molecule has 9 heteroatoms. The number of likely N-dealkylation sites (N-methyl/N-ethyl adjacent to an activating group) is 1. The van der Waals surface area contributed by atoms with E-state index in [1.165, 1.54) is 25.5 Å². The van der Waals surface area contributed by atoms with E-state index in [2.05, 4.69) is 9.72 Å². The van der Waals surface area contributed by atoms with Crippen molar-refractivity contribution >= 4 is 23.4 Å². The number of methoxy groups -OCH3 is 1. The van der Waals surface area contributed by atoms with Crippen molar-refractivity contribution in [1.29, 1.82) is 0 Å². The molecule has 0 saturated carbocycles. The van der Waals surface area contributed by atoms with Gasteiger partial charge in [0, 0.05) is 13.2 Å². The minimum Gasteiger partial charge on any atom is -0.456 e. The summed E-state index contributed by atoms with van der Waals surface area (Å²) in [7, 11) is 2.70. The molecule has 1 amide bonds. The fourth-order valence-corrected chi connectivity index (χ4v) is 2.70. The molecule has 2 rings (SSSR count). The first-order valence-corrected chi connectivity index (χ1v) is 7.50. The largest absolute Gasteiger partial charge is 0.456 e. The van der Waals surface area contributed by atoms with Crippen LogP contribution in [-0.2, 0) is 23.7 Å². The van der Waals surface area contributed by atoms with Gasteiger partial charge < -0.3 is 23.8 Å². The lowest BCUT2D eigenvalue weighted by molar-refractivity contribution is -0.149. The highest BCUT2D eigenvalue weighted by atomic mass is 32.1. The molecule has 8 nitrogen and oxygen atoms in total. The minimum atomic E-state index is -0.597. The van der Waals surface area contributed by atoms with E-state index >= 15 is 0 Å². The molecular weight excluding hydrogens is 312 g/mol. The molecule has 0 spiro atoms. The van der Waals surface area contributed by atoms with E-state index in [1.54, 1.807) is 13.1 Å². The van der Waals surface area contributed by atoms with Gasteiger partial charge in [0.15, 0.2) is 0 Å². The first kappa shape index (κ1) is 16.7. The molecule has 0 aromatic carbocycles. The minimum absolute atomic E-state index is 0.183. The smallest absolute Gasteiger partial charge is 0.409 e. The monoisotopic (exact) mass is 330 g/mol. The van der Waals surface area contributed by atoms with Gasteiger partial charge in [0.1, 0.15) is 17.7 Å². The average molecular weight is 330 g/mol. The van der Waals surface area contributed by atoms with Crippen LogP contribution in [0.4, 0.5) is 4.79 Å². The molecule has 1 aromatic heterocycles. The van der Waals surface area contributed by atoms with Gasteiger partial charge >= 0.3 is 12.1 Å². The zero-order valence-corrected chi connectivity index (χ0v) is 13.4. The van der Waals surface area contributed by atoms with Crippen molar-refractivity contribution in [1.82, 2.24) is 9.88 Å². The van der Waals surface area contributed by atoms with Gasteiger partial charge in [-0.3, -0.25) is 4.79 Å². The number of amides is 1. The van der Waals surface area contributed by atoms with Gasteiger partial charge in [-0.2, -0.15) is 0 Å². The topological polar surface area (TPSA) is 87.2 Å². The number of thiazole rings is 1. The van der Waals surface area contributed by atoms with Crippen LogP contribution in [0, 0.1) is 0 Å². The Bertz CT molecular complexity index is 528. The first-order valence-electron chi connectivity index (χ1n) is 6.68. The van der Waals surface area contributed by atoms with Crippen LogP contribution in [0.5, 0.6) is 0 Å². The summed E-state index contributed by atoms with van der Waals surface area (Å²) < 4.78 is 20.5. The second kappa shape index (κ2) is 7.52. The van der Waals surface area contributed by atoms with E-state index in [4.69, 9.17) is 14.2 Å². The Labute approximate surface area is 131 Å². The molecule has 1 aliphatic rings. The summed E-state index contributed by atoms with van der Waals surface area (Å²) in [5, 5.41) is 0.696. The Morgan fingerprint density at radius 2 is 2.18 bits per heavy atom. The number of hydrogen-bond donors (Lipinski definition) is 0. The van der Waals surface area contributed by atoms with Crippen LogP contribution >= 0.6 is 11.3 Å². The van der Waals surface area contributed by atoms with Gasteiger partial charge in [-0.1, -0.05) is 0 Å². The van der Waals surface area contributed by atoms with Gasteiger partial charge in [0.05, 0.1) is 25.2 Å². The maximum atomic E-state index is 11.8. The SMILES string of the molecule is COC(=O)N(C)CC(=O)OC(C)c1cnc(C2OCCO2)s1. The van der Waals surface area contributed by atoms with Crippen molar-refractivity contribution in [2.45, 2.75) is 19.3 Å². The van der Waals surface area contributed by atoms with Gasteiger partial charge in [-0.25, -0.2) is 9.78 Å². The average Bonchev–Trinajstić information content (AvgIpc) is 3.16. The summed E-state index contributed by atoms with van der Waals surface area (Å²) in [6.45, 7) is 2.65. The van der Waals surface area contributed by atoms with Gasteiger partial charge in [0.25, 0.3) is 0 Å². The zero-order chi connectivity index (χ0) is 16.1. The second-order valence-electron chi connectivity index (χ2n) is 4.63. The molecule has 0 bridgehead atoms. The van der Waals surface area contributed by atoms with Crippen LogP contribution in [0.25, 0.3) is 0 Å². The number of aromatic nitrogens is 1. The summed E-state index contributed by atoms with van der Waals surface area (Å²) in [6.07, 6.45) is 0.131. The standard InChI is InChI=1S/C13H18N2O6S/c1-8(21-10(16)7-15(2)13(17)18-3)9-6-14-11(22-9)12-19-4-5-20-12/h6,8,12H,4-5,7H2,1-3H3. The summed E-state index contributed by atoms with van der Waals surface area (Å²) >= 11 is 1.37. The number of hydrogen-bond acceptors (Lipinski definition) is 8. The van der Waals surface area contributed by atoms with Crippen LogP contribution in [0.15, 0.2) is 6.20 Å². The van der Waals surface area contributed by atoms with Crippen molar-refractivity contribution in [2.75, 3.05) is 33.9 Å². The molecule has 1 aromatic rings. The predicted octanol–water partition coefficient (Wildman–Crippen LogP) is 1.49. The van der Waals surface area contributed by atoms with Crippen LogP contribution in [0.3, 0.4) is 0 Å². The molecule has 0 aliphatic carbocycles. The molecule has 2 heterocycles. The predicted molar refractivity (Wildman–Crippen MR) is 76.3 cm³/mol. The van der Waals surface area contributed by atoms with Gasteiger partial charge in [-0.15, -0.1) is 11.3 Å². The van der Waals surface area contributed by atoms with Crippen molar-refractivity contribution in [3.63, 3.8) is 0 Å². The number of carbonyl (C=O) groups is 2. The highest BCUT2D eigenvalue weighted by Gasteiger charge is 2.24. The van der Waals surface area contributed by atoms with Crippen molar-refractivity contribution in [3.05, 3.63) is 16.1 Å². The van der Waals surface area contributed by atoms with Crippen LogP contribution in [0.2, 0.25) is 0 Å². The number of nitrogens with zero attached hydrogens (tertiary/aromatic N) is 2. The van der Waals surface area contributed by atoms with Crippen molar-refractivity contribution in [3.8, 4) is 0 Å². The third kappa shape index (κ3) is 4.15. The highest BCUT2D eigenvalue weighted by molar-refractivity contribution is 7.11. The highest BCUT2D eigenvalue weighted by Crippen LogP contribution is 2.31. The Kier molecular flexibility index (Phi) is 5.69. The van der Waals surface area contributed by atoms with E-state index in [1.807, 2.05) is 0 Å². The van der Waals surface area contributed by atoms with Crippen molar-refractivity contribution < 1.29 is 28.5 Å². The third-order valence-corrected chi connectivity index (χ3v) is 4.11. The zero-order valence-electron chi connectivity index (χ0n) is 12.6. The summed E-state index contributed by atoms with van der Waals surface area (Å²) in [4.78, 5) is 29.1. The van der Waals surface area contributed by atoms with Gasteiger partial charge in [0.2, 0.25) is 6.29 Å². The fourth-order valence-electron chi connectivity index (χ4n) is 1.81. The maximum absolute atomic E-state index is 11.8. The second-order valence-corrected chi connectivity index (χ2v) is 5.73. The van der Waals surface area contributed by atoms with Crippen LogP contribution in [-0.4, -0.2) is 55.9 Å². The number of rotatable bonds is 5. The molecule has 1 atom stereocenters. The molecule has 0 N–H and O–H groups in total. The molecule has 1 unspecified atom stereocenters. The van der Waals surface area contributed by atoms with Crippen LogP contribution < -0.4 is 0 Å². The molecule has 0 radical (unpaired) electrons. The molecule has 122 valence electrons. The van der Waals surface area contributed by atoms with Crippen LogP contribution in [0.1, 0.15) is 29.2 Å². The number of esters is 1. The quantitative estimate of drug-likeness (QED) is 0.756. The Hall–Kier alpha value is -1.71.